The number of rotatable bonds is 5. The summed E-state index contributed by atoms with van der Waals surface area (Å²) >= 11 is 0. The van der Waals surface area contributed by atoms with Crippen LogP contribution in [0.3, 0.4) is 0 Å². The zero-order valence-electron chi connectivity index (χ0n) is 11.6. The number of hydrogen-bond acceptors (Lipinski definition) is 3. The van der Waals surface area contributed by atoms with Gasteiger partial charge in [0.25, 0.3) is 0 Å². The number of amides is 1. The van der Waals surface area contributed by atoms with Crippen molar-refractivity contribution in [3.05, 3.63) is 29.6 Å². The highest BCUT2D eigenvalue weighted by Gasteiger charge is 2.19. The second kappa shape index (κ2) is 7.17. The van der Waals surface area contributed by atoms with E-state index >= 15 is 0 Å². The highest BCUT2D eigenvalue weighted by atomic mass is 19.1. The molecule has 1 aliphatic rings. The van der Waals surface area contributed by atoms with Crippen molar-refractivity contribution in [1.29, 1.82) is 0 Å². The molecule has 0 radical (unpaired) electrons. The Morgan fingerprint density at radius 2 is 2.19 bits per heavy atom. The summed E-state index contributed by atoms with van der Waals surface area (Å²) in [6, 6.07) is 3.79. The van der Waals surface area contributed by atoms with E-state index in [0.717, 1.165) is 31.9 Å². The number of carbonyl (C=O) groups excluding carboxylic acids is 1. The number of anilines is 1. The summed E-state index contributed by atoms with van der Waals surface area (Å²) in [7, 11) is 0. The molecule has 1 aromatic rings. The van der Waals surface area contributed by atoms with Gasteiger partial charge in [-0.25, -0.2) is 9.18 Å². The molecule has 5 nitrogen and oxygen atoms in total. The molecule has 6 heteroatoms. The van der Waals surface area contributed by atoms with Crippen molar-refractivity contribution in [2.45, 2.75) is 38.2 Å². The number of nitrogens with one attached hydrogen (secondary N) is 1. The summed E-state index contributed by atoms with van der Waals surface area (Å²) in [5, 5.41) is 11.4. The average Bonchev–Trinajstić information content (AvgIpc) is 2.46. The Morgan fingerprint density at radius 3 is 2.86 bits per heavy atom. The standard InChI is InChI=1S/C15H18FNO4/c16-11-5-3-6-12(14(11)15(19)20)17-13(18)8-7-10-4-1-2-9-21-10/h3,5-6,10H,1-2,4,7-9H2,(H,17,18)(H,19,20). The van der Waals surface area contributed by atoms with Crippen LogP contribution in [-0.4, -0.2) is 29.7 Å². The molecule has 0 spiro atoms. The maximum Gasteiger partial charge on any atom is 0.340 e. The lowest BCUT2D eigenvalue weighted by Gasteiger charge is -2.22. The lowest BCUT2D eigenvalue weighted by Crippen LogP contribution is -2.22. The van der Waals surface area contributed by atoms with Gasteiger partial charge in [0.1, 0.15) is 11.4 Å². The number of halogens is 1. The van der Waals surface area contributed by atoms with Crippen molar-refractivity contribution >= 4 is 17.6 Å². The molecule has 1 fully saturated rings. The van der Waals surface area contributed by atoms with Gasteiger partial charge in [-0.2, -0.15) is 0 Å². The second-order valence-electron chi connectivity index (χ2n) is 5.04. The molecule has 1 atom stereocenters. The van der Waals surface area contributed by atoms with Gasteiger partial charge in [0.15, 0.2) is 0 Å². The lowest BCUT2D eigenvalue weighted by atomic mass is 10.0. The van der Waals surface area contributed by atoms with Gasteiger partial charge in [-0.3, -0.25) is 4.79 Å². The van der Waals surface area contributed by atoms with Crippen LogP contribution in [0.25, 0.3) is 0 Å². The highest BCUT2D eigenvalue weighted by Crippen LogP contribution is 2.21. The summed E-state index contributed by atoms with van der Waals surface area (Å²) in [4.78, 5) is 22.9. The Labute approximate surface area is 122 Å². The fourth-order valence-electron chi connectivity index (χ4n) is 2.39. The zero-order valence-corrected chi connectivity index (χ0v) is 11.6. The topological polar surface area (TPSA) is 75.6 Å². The molecule has 1 unspecified atom stereocenters. The lowest BCUT2D eigenvalue weighted by molar-refractivity contribution is -0.117. The van der Waals surface area contributed by atoms with Crippen LogP contribution in [0.4, 0.5) is 10.1 Å². The molecule has 21 heavy (non-hydrogen) atoms. The van der Waals surface area contributed by atoms with E-state index in [9.17, 15) is 14.0 Å². The van der Waals surface area contributed by atoms with Crippen LogP contribution in [0.15, 0.2) is 18.2 Å². The van der Waals surface area contributed by atoms with Crippen molar-refractivity contribution in [3.63, 3.8) is 0 Å². The number of carboxylic acid groups (broad SMARTS) is 1. The first-order valence-electron chi connectivity index (χ1n) is 7.01. The van der Waals surface area contributed by atoms with Crippen LogP contribution in [-0.2, 0) is 9.53 Å². The van der Waals surface area contributed by atoms with E-state index < -0.39 is 17.3 Å². The molecular formula is C15H18FNO4. The predicted octanol–water partition coefficient (Wildman–Crippen LogP) is 2.81. The maximum absolute atomic E-state index is 13.5. The minimum absolute atomic E-state index is 0.0166. The maximum atomic E-state index is 13.5. The minimum atomic E-state index is -1.40. The first-order valence-corrected chi connectivity index (χ1v) is 7.01. The van der Waals surface area contributed by atoms with E-state index in [4.69, 9.17) is 9.84 Å². The van der Waals surface area contributed by atoms with Crippen LogP contribution in [0, 0.1) is 5.82 Å². The molecule has 2 N–H and O–H groups in total. The highest BCUT2D eigenvalue weighted by molar-refractivity contribution is 6.00. The molecule has 1 aliphatic heterocycles. The number of ether oxygens (including phenoxy) is 1. The summed E-state index contributed by atoms with van der Waals surface area (Å²) in [5.74, 6) is -2.60. The summed E-state index contributed by atoms with van der Waals surface area (Å²) in [5.41, 5.74) is -0.531. The molecule has 1 saturated heterocycles. The molecule has 2 rings (SSSR count). The Morgan fingerprint density at radius 1 is 1.38 bits per heavy atom. The summed E-state index contributed by atoms with van der Waals surface area (Å²) in [6.45, 7) is 0.722. The predicted molar refractivity (Wildman–Crippen MR) is 74.8 cm³/mol. The van der Waals surface area contributed by atoms with E-state index in [1.54, 1.807) is 0 Å². The molecular weight excluding hydrogens is 277 g/mol. The zero-order chi connectivity index (χ0) is 15.2. The van der Waals surface area contributed by atoms with Gasteiger partial charge in [0.05, 0.1) is 11.8 Å². The van der Waals surface area contributed by atoms with Crippen molar-refractivity contribution in [2.75, 3.05) is 11.9 Å². The van der Waals surface area contributed by atoms with E-state index in [0.29, 0.717) is 6.42 Å². The monoisotopic (exact) mass is 295 g/mol. The van der Waals surface area contributed by atoms with Crippen LogP contribution >= 0.6 is 0 Å². The van der Waals surface area contributed by atoms with Gasteiger partial charge in [-0.15, -0.1) is 0 Å². The van der Waals surface area contributed by atoms with Crippen LogP contribution in [0.2, 0.25) is 0 Å². The first-order chi connectivity index (χ1) is 10.1. The third-order valence-electron chi connectivity index (χ3n) is 3.47. The summed E-state index contributed by atoms with van der Waals surface area (Å²) < 4.78 is 19.0. The van der Waals surface area contributed by atoms with Gasteiger partial charge in [-0.05, 0) is 37.8 Å². The largest absolute Gasteiger partial charge is 0.478 e. The molecule has 0 aliphatic carbocycles. The van der Waals surface area contributed by atoms with E-state index in [2.05, 4.69) is 5.32 Å². The molecule has 0 aromatic heterocycles. The van der Waals surface area contributed by atoms with Gasteiger partial charge >= 0.3 is 5.97 Å². The van der Waals surface area contributed by atoms with Gasteiger partial charge < -0.3 is 15.2 Å². The molecule has 1 amide bonds. The van der Waals surface area contributed by atoms with Crippen molar-refractivity contribution < 1.29 is 23.8 Å². The van der Waals surface area contributed by atoms with Crippen molar-refractivity contribution in [1.82, 2.24) is 0 Å². The van der Waals surface area contributed by atoms with Crippen molar-refractivity contribution in [3.8, 4) is 0 Å². The second-order valence-corrected chi connectivity index (χ2v) is 5.04. The molecule has 0 saturated carbocycles. The molecule has 114 valence electrons. The van der Waals surface area contributed by atoms with E-state index in [1.165, 1.54) is 12.1 Å². The third kappa shape index (κ3) is 4.26. The average molecular weight is 295 g/mol. The molecule has 1 aromatic carbocycles. The number of carbonyl (C=O) groups is 2. The normalized spacial score (nSPS) is 18.2. The Balaban J connectivity index is 1.93. The third-order valence-corrected chi connectivity index (χ3v) is 3.47. The van der Waals surface area contributed by atoms with E-state index in [-0.39, 0.29) is 24.1 Å². The Kier molecular flexibility index (Phi) is 5.27. The number of carboxylic acids is 1. The van der Waals surface area contributed by atoms with E-state index in [1.807, 2.05) is 0 Å². The van der Waals surface area contributed by atoms with Crippen LogP contribution < -0.4 is 5.32 Å². The Hall–Kier alpha value is -1.95. The molecule has 1 heterocycles. The fourth-order valence-corrected chi connectivity index (χ4v) is 2.39. The fraction of sp³-hybridized carbons (Fsp3) is 0.467. The van der Waals surface area contributed by atoms with Crippen LogP contribution in [0.5, 0.6) is 0 Å². The SMILES string of the molecule is O=C(CCC1CCCCO1)Nc1cccc(F)c1C(=O)O. The van der Waals surface area contributed by atoms with Gasteiger partial charge in [0.2, 0.25) is 5.91 Å². The summed E-state index contributed by atoms with van der Waals surface area (Å²) in [6.07, 6.45) is 3.97. The number of benzene rings is 1. The minimum Gasteiger partial charge on any atom is -0.478 e. The van der Waals surface area contributed by atoms with Gasteiger partial charge in [-0.1, -0.05) is 6.07 Å². The number of aromatic carboxylic acids is 1. The van der Waals surface area contributed by atoms with Gasteiger partial charge in [0, 0.05) is 13.0 Å². The quantitative estimate of drug-likeness (QED) is 0.876. The van der Waals surface area contributed by atoms with Crippen molar-refractivity contribution in [2.24, 2.45) is 0 Å². The molecule has 0 bridgehead atoms. The number of hydrogen-bond donors (Lipinski definition) is 2. The smallest absolute Gasteiger partial charge is 0.340 e. The Bertz CT molecular complexity index is 526. The first kappa shape index (κ1) is 15.4. The van der Waals surface area contributed by atoms with Crippen LogP contribution in [0.1, 0.15) is 42.5 Å².